The lowest BCUT2D eigenvalue weighted by Gasteiger charge is -2.11. The fourth-order valence-corrected chi connectivity index (χ4v) is 5.57. The molecule has 27 heavy (non-hydrogen) atoms. The normalized spacial score (nSPS) is 13.7. The molecule has 1 aliphatic rings. The number of thiophene rings is 1. The minimum atomic E-state index is -0.00634. The number of carbonyl (C=O) groups is 1. The van der Waals surface area contributed by atoms with Gasteiger partial charge in [-0.1, -0.05) is 37.7 Å². The molecule has 0 aliphatic heterocycles. The molecule has 0 spiro atoms. The van der Waals surface area contributed by atoms with Crippen molar-refractivity contribution in [2.24, 2.45) is 0 Å². The van der Waals surface area contributed by atoms with Crippen LogP contribution in [0.5, 0.6) is 0 Å². The largest absolute Gasteiger partial charge is 0.325 e. The highest BCUT2D eigenvalue weighted by molar-refractivity contribution is 8.00. The zero-order chi connectivity index (χ0) is 18.8. The smallest absolute Gasteiger partial charge is 0.234 e. The van der Waals surface area contributed by atoms with Gasteiger partial charge in [0.15, 0.2) is 0 Å². The van der Waals surface area contributed by atoms with Crippen molar-refractivity contribution in [3.05, 3.63) is 46.6 Å². The summed E-state index contributed by atoms with van der Waals surface area (Å²) in [5, 5.41) is 5.09. The molecule has 0 saturated heterocycles. The minimum absolute atomic E-state index is 0.00634. The number of aromatic nitrogens is 2. The second-order valence-corrected chi connectivity index (χ2v) is 9.23. The molecular formula is C21H23N3OS2. The Morgan fingerprint density at radius 2 is 1.96 bits per heavy atom. The second-order valence-electron chi connectivity index (χ2n) is 7.18. The lowest BCUT2D eigenvalue weighted by atomic mass is 9.97. The Hall–Kier alpha value is -1.92. The van der Waals surface area contributed by atoms with Crippen LogP contribution in [0, 0.1) is 0 Å². The van der Waals surface area contributed by atoms with E-state index in [1.165, 1.54) is 46.0 Å². The van der Waals surface area contributed by atoms with Crippen LogP contribution < -0.4 is 5.32 Å². The predicted molar refractivity (Wildman–Crippen MR) is 114 cm³/mol. The molecule has 2 heterocycles. The lowest BCUT2D eigenvalue weighted by Crippen LogP contribution is -2.14. The number of amides is 1. The summed E-state index contributed by atoms with van der Waals surface area (Å²) in [6.45, 7) is 4.33. The van der Waals surface area contributed by atoms with E-state index >= 15 is 0 Å². The molecule has 1 aromatic carbocycles. The summed E-state index contributed by atoms with van der Waals surface area (Å²) in [5.74, 6) is 0.832. The third kappa shape index (κ3) is 4.01. The van der Waals surface area contributed by atoms with Crippen LogP contribution in [0.3, 0.4) is 0 Å². The summed E-state index contributed by atoms with van der Waals surface area (Å²) in [7, 11) is 0. The Bertz CT molecular complexity index is 963. The Morgan fingerprint density at radius 3 is 2.74 bits per heavy atom. The van der Waals surface area contributed by atoms with Crippen LogP contribution in [0.1, 0.15) is 48.6 Å². The van der Waals surface area contributed by atoms with E-state index in [0.717, 1.165) is 28.4 Å². The summed E-state index contributed by atoms with van der Waals surface area (Å²) >= 11 is 3.30. The molecule has 1 aliphatic carbocycles. The van der Waals surface area contributed by atoms with Crippen molar-refractivity contribution in [1.82, 2.24) is 9.97 Å². The fourth-order valence-electron chi connectivity index (χ4n) is 3.45. The molecule has 0 radical (unpaired) electrons. The van der Waals surface area contributed by atoms with Gasteiger partial charge in [0.2, 0.25) is 5.91 Å². The molecule has 0 saturated carbocycles. The number of hydrogen-bond acceptors (Lipinski definition) is 5. The van der Waals surface area contributed by atoms with Crippen molar-refractivity contribution in [3.8, 4) is 0 Å². The van der Waals surface area contributed by atoms with Gasteiger partial charge in [0.25, 0.3) is 0 Å². The summed E-state index contributed by atoms with van der Waals surface area (Å²) in [6.07, 6.45) is 6.35. The topological polar surface area (TPSA) is 54.9 Å². The highest BCUT2D eigenvalue weighted by Crippen LogP contribution is 2.39. The number of benzene rings is 1. The molecular weight excluding hydrogens is 374 g/mol. The van der Waals surface area contributed by atoms with Crippen molar-refractivity contribution in [3.63, 3.8) is 0 Å². The molecule has 0 bridgehead atoms. The molecule has 1 N–H and O–H groups in total. The zero-order valence-corrected chi connectivity index (χ0v) is 17.3. The summed E-state index contributed by atoms with van der Waals surface area (Å²) < 4.78 is 0. The number of nitrogens with zero attached hydrogens (tertiary/aromatic N) is 2. The van der Waals surface area contributed by atoms with Gasteiger partial charge in [0.1, 0.15) is 16.2 Å². The maximum atomic E-state index is 12.4. The van der Waals surface area contributed by atoms with Crippen LogP contribution in [-0.2, 0) is 17.6 Å². The average Bonchev–Trinajstić information content (AvgIpc) is 3.06. The maximum absolute atomic E-state index is 12.4. The van der Waals surface area contributed by atoms with Crippen molar-refractivity contribution in [1.29, 1.82) is 0 Å². The van der Waals surface area contributed by atoms with E-state index in [-0.39, 0.29) is 5.91 Å². The molecule has 4 rings (SSSR count). The highest BCUT2D eigenvalue weighted by Gasteiger charge is 2.20. The number of anilines is 1. The lowest BCUT2D eigenvalue weighted by molar-refractivity contribution is -0.113. The molecule has 0 fully saturated rings. The van der Waals surface area contributed by atoms with E-state index in [9.17, 15) is 4.79 Å². The first-order chi connectivity index (χ1) is 13.1. The van der Waals surface area contributed by atoms with Gasteiger partial charge in [0.05, 0.1) is 5.75 Å². The van der Waals surface area contributed by atoms with Gasteiger partial charge in [-0.05, 0) is 54.9 Å². The monoisotopic (exact) mass is 397 g/mol. The van der Waals surface area contributed by atoms with Crippen molar-refractivity contribution in [2.75, 3.05) is 11.1 Å². The van der Waals surface area contributed by atoms with E-state index in [0.29, 0.717) is 11.7 Å². The zero-order valence-electron chi connectivity index (χ0n) is 15.6. The Kier molecular flexibility index (Phi) is 5.45. The van der Waals surface area contributed by atoms with E-state index in [4.69, 9.17) is 0 Å². The number of thioether (sulfide) groups is 1. The maximum Gasteiger partial charge on any atom is 0.234 e. The van der Waals surface area contributed by atoms with Crippen LogP contribution in [0.2, 0.25) is 0 Å². The van der Waals surface area contributed by atoms with Crippen LogP contribution in [-0.4, -0.2) is 21.6 Å². The molecule has 4 nitrogen and oxygen atoms in total. The van der Waals surface area contributed by atoms with E-state index in [2.05, 4.69) is 41.3 Å². The first-order valence-corrected chi connectivity index (χ1v) is 11.2. The SMILES string of the molecule is CC(C)c1ccc(NC(=O)CSc2ncnc3sc4c(c23)CCCC4)cc1. The third-order valence-corrected chi connectivity index (χ3v) is 7.11. The van der Waals surface area contributed by atoms with Crippen molar-refractivity contribution >= 4 is 44.9 Å². The van der Waals surface area contributed by atoms with E-state index < -0.39 is 0 Å². The number of carbonyl (C=O) groups excluding carboxylic acids is 1. The molecule has 2 aromatic heterocycles. The Balaban J connectivity index is 1.45. The predicted octanol–water partition coefficient (Wildman–Crippen LogP) is 5.42. The number of fused-ring (bicyclic) bond motifs is 3. The van der Waals surface area contributed by atoms with Crippen LogP contribution >= 0.6 is 23.1 Å². The van der Waals surface area contributed by atoms with Gasteiger partial charge < -0.3 is 5.32 Å². The standard InChI is InChI=1S/C21H23N3OS2/c1-13(2)14-7-9-15(10-8-14)24-18(25)11-26-20-19-16-5-3-4-6-17(16)27-21(19)23-12-22-20/h7-10,12-13H,3-6,11H2,1-2H3,(H,24,25). The molecule has 3 aromatic rings. The highest BCUT2D eigenvalue weighted by atomic mass is 32.2. The molecule has 0 unspecified atom stereocenters. The molecule has 0 atom stereocenters. The second kappa shape index (κ2) is 7.98. The van der Waals surface area contributed by atoms with Crippen molar-refractivity contribution < 1.29 is 4.79 Å². The van der Waals surface area contributed by atoms with Gasteiger partial charge >= 0.3 is 0 Å². The van der Waals surface area contributed by atoms with Crippen molar-refractivity contribution in [2.45, 2.75) is 50.5 Å². The molecule has 140 valence electrons. The fraction of sp³-hybridized carbons (Fsp3) is 0.381. The Labute approximate surface area is 167 Å². The molecule has 1 amide bonds. The molecule has 6 heteroatoms. The number of aryl methyl sites for hydroxylation is 2. The quantitative estimate of drug-likeness (QED) is 0.461. The van der Waals surface area contributed by atoms with Crippen LogP contribution in [0.4, 0.5) is 5.69 Å². The van der Waals surface area contributed by atoms with E-state index in [1.807, 2.05) is 12.1 Å². The van der Waals surface area contributed by atoms with Gasteiger partial charge in [-0.3, -0.25) is 4.79 Å². The summed E-state index contributed by atoms with van der Waals surface area (Å²) in [5.41, 5.74) is 3.52. The van der Waals surface area contributed by atoms with E-state index in [1.54, 1.807) is 17.7 Å². The Morgan fingerprint density at radius 1 is 1.19 bits per heavy atom. The first kappa shape index (κ1) is 18.4. The number of rotatable bonds is 5. The van der Waals surface area contributed by atoms with Crippen LogP contribution in [0.15, 0.2) is 35.6 Å². The summed E-state index contributed by atoms with van der Waals surface area (Å²) in [6, 6.07) is 8.07. The number of nitrogens with one attached hydrogen (secondary N) is 1. The third-order valence-electron chi connectivity index (χ3n) is 4.92. The first-order valence-electron chi connectivity index (χ1n) is 9.39. The minimum Gasteiger partial charge on any atom is -0.325 e. The average molecular weight is 398 g/mol. The van der Waals surface area contributed by atoms with Gasteiger partial charge in [0, 0.05) is 16.0 Å². The number of hydrogen-bond donors (Lipinski definition) is 1. The summed E-state index contributed by atoms with van der Waals surface area (Å²) in [4.78, 5) is 23.8. The van der Waals surface area contributed by atoms with Gasteiger partial charge in [-0.25, -0.2) is 9.97 Å². The van der Waals surface area contributed by atoms with Gasteiger partial charge in [-0.15, -0.1) is 11.3 Å². The van der Waals surface area contributed by atoms with Gasteiger partial charge in [-0.2, -0.15) is 0 Å². The van der Waals surface area contributed by atoms with Crippen LogP contribution in [0.25, 0.3) is 10.2 Å².